The van der Waals surface area contributed by atoms with E-state index < -0.39 is 0 Å². The van der Waals surface area contributed by atoms with E-state index in [9.17, 15) is 4.79 Å². The van der Waals surface area contributed by atoms with Crippen molar-refractivity contribution in [1.82, 2.24) is 0 Å². The van der Waals surface area contributed by atoms with Crippen LogP contribution in [0.3, 0.4) is 0 Å². The number of carbonyl (C=O) groups excluding carboxylic acids is 1. The van der Waals surface area contributed by atoms with Crippen molar-refractivity contribution in [2.45, 2.75) is 0 Å². The summed E-state index contributed by atoms with van der Waals surface area (Å²) in [5, 5.41) is 0. The second-order valence-electron chi connectivity index (χ2n) is 4.47. The van der Waals surface area contributed by atoms with Gasteiger partial charge in [-0.3, -0.25) is 4.79 Å². The standard InChI is InChI=1S/C17H17NO3/c1-20-15-9-13(10-16(11-15)21-2)17(19)8-5-12-3-6-14(18)7-4-12/h3-11H,18H2,1-2H3/b8-5+. The second kappa shape index (κ2) is 6.61. The Morgan fingerprint density at radius 1 is 1.00 bits per heavy atom. The number of nitrogen functional groups attached to an aromatic ring is 1. The first-order valence-electron chi connectivity index (χ1n) is 6.43. The van der Waals surface area contributed by atoms with Crippen molar-refractivity contribution in [2.75, 3.05) is 20.0 Å². The third-order valence-electron chi connectivity index (χ3n) is 3.00. The van der Waals surface area contributed by atoms with Crippen LogP contribution < -0.4 is 15.2 Å². The van der Waals surface area contributed by atoms with E-state index in [0.29, 0.717) is 22.7 Å². The largest absolute Gasteiger partial charge is 0.497 e. The highest BCUT2D eigenvalue weighted by Crippen LogP contribution is 2.23. The minimum atomic E-state index is -0.121. The predicted octanol–water partition coefficient (Wildman–Crippen LogP) is 3.18. The molecule has 108 valence electrons. The summed E-state index contributed by atoms with van der Waals surface area (Å²) in [6.07, 6.45) is 3.26. The molecule has 0 radical (unpaired) electrons. The van der Waals surface area contributed by atoms with Gasteiger partial charge in [-0.2, -0.15) is 0 Å². The van der Waals surface area contributed by atoms with Crippen LogP contribution in [0, 0.1) is 0 Å². The minimum Gasteiger partial charge on any atom is -0.497 e. The van der Waals surface area contributed by atoms with Crippen LogP contribution in [0.25, 0.3) is 6.08 Å². The highest BCUT2D eigenvalue weighted by molar-refractivity contribution is 6.07. The number of benzene rings is 2. The quantitative estimate of drug-likeness (QED) is 0.520. The Balaban J connectivity index is 2.21. The molecule has 2 aromatic carbocycles. The molecule has 0 bridgehead atoms. The molecule has 0 saturated carbocycles. The van der Waals surface area contributed by atoms with Gasteiger partial charge in [0, 0.05) is 17.3 Å². The van der Waals surface area contributed by atoms with Gasteiger partial charge in [-0.1, -0.05) is 18.2 Å². The summed E-state index contributed by atoms with van der Waals surface area (Å²) in [5.41, 5.74) is 7.73. The lowest BCUT2D eigenvalue weighted by Gasteiger charge is -2.06. The van der Waals surface area contributed by atoms with Crippen molar-refractivity contribution in [3.05, 3.63) is 59.7 Å². The van der Waals surface area contributed by atoms with E-state index in [-0.39, 0.29) is 5.78 Å². The molecule has 4 heteroatoms. The van der Waals surface area contributed by atoms with E-state index in [0.717, 1.165) is 5.56 Å². The zero-order valence-electron chi connectivity index (χ0n) is 12.0. The Morgan fingerprint density at radius 3 is 2.10 bits per heavy atom. The number of ketones is 1. The Bertz CT molecular complexity index is 638. The van der Waals surface area contributed by atoms with Crippen molar-refractivity contribution in [3.63, 3.8) is 0 Å². The molecule has 0 unspecified atom stereocenters. The Morgan fingerprint density at radius 2 is 1.57 bits per heavy atom. The fourth-order valence-corrected chi connectivity index (χ4v) is 1.82. The first-order valence-corrected chi connectivity index (χ1v) is 6.43. The molecule has 0 fully saturated rings. The number of nitrogens with two attached hydrogens (primary N) is 1. The zero-order chi connectivity index (χ0) is 15.2. The average Bonchev–Trinajstić information content (AvgIpc) is 2.53. The van der Waals surface area contributed by atoms with Crippen LogP contribution in [0.2, 0.25) is 0 Å². The lowest BCUT2D eigenvalue weighted by Crippen LogP contribution is -1.97. The molecule has 0 spiro atoms. The van der Waals surface area contributed by atoms with Crippen LogP contribution in [0.4, 0.5) is 5.69 Å². The summed E-state index contributed by atoms with van der Waals surface area (Å²) >= 11 is 0. The van der Waals surface area contributed by atoms with Gasteiger partial charge in [0.1, 0.15) is 11.5 Å². The molecule has 0 saturated heterocycles. The number of rotatable bonds is 5. The third-order valence-corrected chi connectivity index (χ3v) is 3.00. The third kappa shape index (κ3) is 3.86. The van der Waals surface area contributed by atoms with Crippen LogP contribution in [0.15, 0.2) is 48.5 Å². The summed E-state index contributed by atoms with van der Waals surface area (Å²) in [4.78, 5) is 12.2. The molecule has 2 rings (SSSR count). The maximum Gasteiger partial charge on any atom is 0.186 e. The SMILES string of the molecule is COc1cc(OC)cc(C(=O)/C=C/c2ccc(N)cc2)c1. The van der Waals surface area contributed by atoms with Gasteiger partial charge in [0.05, 0.1) is 14.2 Å². The van der Waals surface area contributed by atoms with Gasteiger partial charge in [0.2, 0.25) is 0 Å². The second-order valence-corrected chi connectivity index (χ2v) is 4.47. The van der Waals surface area contributed by atoms with E-state index in [1.54, 1.807) is 50.6 Å². The first kappa shape index (κ1) is 14.7. The summed E-state index contributed by atoms with van der Waals surface area (Å²) in [6, 6.07) is 12.4. The Kier molecular flexibility index (Phi) is 4.61. The van der Waals surface area contributed by atoms with Crippen LogP contribution >= 0.6 is 0 Å². The Labute approximate surface area is 123 Å². The van der Waals surface area contributed by atoms with Gasteiger partial charge in [-0.25, -0.2) is 0 Å². The molecule has 0 heterocycles. The molecule has 4 nitrogen and oxygen atoms in total. The minimum absolute atomic E-state index is 0.121. The fraction of sp³-hybridized carbons (Fsp3) is 0.118. The van der Waals surface area contributed by atoms with E-state index >= 15 is 0 Å². The summed E-state index contributed by atoms with van der Waals surface area (Å²) < 4.78 is 10.3. The number of ether oxygens (including phenoxy) is 2. The van der Waals surface area contributed by atoms with Gasteiger partial charge < -0.3 is 15.2 Å². The maximum absolute atomic E-state index is 12.2. The van der Waals surface area contributed by atoms with Crippen molar-refractivity contribution >= 4 is 17.5 Å². The van der Waals surface area contributed by atoms with Crippen molar-refractivity contribution in [2.24, 2.45) is 0 Å². The first-order chi connectivity index (χ1) is 10.1. The number of methoxy groups -OCH3 is 2. The average molecular weight is 283 g/mol. The number of anilines is 1. The summed E-state index contributed by atoms with van der Waals surface area (Å²) in [7, 11) is 3.10. The fourth-order valence-electron chi connectivity index (χ4n) is 1.82. The van der Waals surface area contributed by atoms with Crippen LogP contribution in [-0.2, 0) is 0 Å². The van der Waals surface area contributed by atoms with Gasteiger partial charge in [-0.15, -0.1) is 0 Å². The molecule has 0 aliphatic heterocycles. The number of carbonyl (C=O) groups is 1. The molecule has 0 atom stereocenters. The van der Waals surface area contributed by atoms with E-state index in [1.807, 2.05) is 12.1 Å². The number of hydrogen-bond donors (Lipinski definition) is 1. The Hall–Kier alpha value is -2.75. The van der Waals surface area contributed by atoms with Crippen molar-refractivity contribution in [3.8, 4) is 11.5 Å². The monoisotopic (exact) mass is 283 g/mol. The van der Waals surface area contributed by atoms with E-state index in [4.69, 9.17) is 15.2 Å². The number of allylic oxidation sites excluding steroid dienone is 1. The van der Waals surface area contributed by atoms with Gasteiger partial charge in [0.15, 0.2) is 5.78 Å². The van der Waals surface area contributed by atoms with Crippen LogP contribution in [0.5, 0.6) is 11.5 Å². The summed E-state index contributed by atoms with van der Waals surface area (Å²) in [6.45, 7) is 0. The molecule has 0 aromatic heterocycles. The van der Waals surface area contributed by atoms with Crippen molar-refractivity contribution < 1.29 is 14.3 Å². The highest BCUT2D eigenvalue weighted by atomic mass is 16.5. The molecule has 0 amide bonds. The lowest BCUT2D eigenvalue weighted by atomic mass is 10.1. The van der Waals surface area contributed by atoms with E-state index in [1.165, 1.54) is 6.08 Å². The molecule has 2 aromatic rings. The predicted molar refractivity (Wildman–Crippen MR) is 83.8 cm³/mol. The molecule has 0 aliphatic rings. The molecule has 2 N–H and O–H groups in total. The molecule has 0 aliphatic carbocycles. The smallest absolute Gasteiger partial charge is 0.186 e. The van der Waals surface area contributed by atoms with Gasteiger partial charge in [-0.05, 0) is 35.9 Å². The molecular formula is C17H17NO3. The normalized spacial score (nSPS) is 10.6. The van der Waals surface area contributed by atoms with Gasteiger partial charge in [0.25, 0.3) is 0 Å². The maximum atomic E-state index is 12.2. The van der Waals surface area contributed by atoms with Crippen LogP contribution in [-0.4, -0.2) is 20.0 Å². The topological polar surface area (TPSA) is 61.5 Å². The molecule has 21 heavy (non-hydrogen) atoms. The van der Waals surface area contributed by atoms with Crippen LogP contribution in [0.1, 0.15) is 15.9 Å². The summed E-state index contributed by atoms with van der Waals surface area (Å²) in [5.74, 6) is 1.04. The molecular weight excluding hydrogens is 266 g/mol. The van der Waals surface area contributed by atoms with E-state index in [2.05, 4.69) is 0 Å². The number of hydrogen-bond acceptors (Lipinski definition) is 4. The van der Waals surface area contributed by atoms with Crippen molar-refractivity contribution in [1.29, 1.82) is 0 Å². The zero-order valence-corrected chi connectivity index (χ0v) is 12.0. The van der Waals surface area contributed by atoms with Gasteiger partial charge >= 0.3 is 0 Å². The lowest BCUT2D eigenvalue weighted by molar-refractivity contribution is 0.104. The highest BCUT2D eigenvalue weighted by Gasteiger charge is 2.07.